The predicted molar refractivity (Wildman–Crippen MR) is 81.0 cm³/mol. The fraction of sp³-hybridized carbons (Fsp3) is 0.235. The summed E-state index contributed by atoms with van der Waals surface area (Å²) < 4.78 is 0. The number of aromatic nitrogens is 2. The summed E-state index contributed by atoms with van der Waals surface area (Å²) in [7, 11) is 0. The summed E-state index contributed by atoms with van der Waals surface area (Å²) in [6, 6.07) is 7.87. The minimum absolute atomic E-state index is 0.187. The van der Waals surface area contributed by atoms with E-state index < -0.39 is 0 Å². The van der Waals surface area contributed by atoms with Gasteiger partial charge in [-0.2, -0.15) is 0 Å². The third kappa shape index (κ3) is 2.82. The van der Waals surface area contributed by atoms with E-state index in [1.54, 1.807) is 0 Å². The molecule has 0 aromatic carbocycles. The molecule has 2 N–H and O–H groups in total. The van der Waals surface area contributed by atoms with Gasteiger partial charge in [-0.15, -0.1) is 0 Å². The molecule has 0 spiro atoms. The summed E-state index contributed by atoms with van der Waals surface area (Å²) in [5, 5.41) is 0. The summed E-state index contributed by atoms with van der Waals surface area (Å²) in [6.07, 6.45) is 11.6. The summed E-state index contributed by atoms with van der Waals surface area (Å²) in [5.41, 5.74) is 3.80. The van der Waals surface area contributed by atoms with Crippen LogP contribution >= 0.6 is 0 Å². The Morgan fingerprint density at radius 2 is 1.35 bits per heavy atom. The molecule has 20 heavy (non-hydrogen) atoms. The molecule has 0 atom stereocenters. The molecule has 3 rings (SSSR count). The van der Waals surface area contributed by atoms with E-state index >= 15 is 0 Å². The molecule has 0 saturated heterocycles. The zero-order chi connectivity index (χ0) is 13.8. The molecule has 102 valence electrons. The van der Waals surface area contributed by atoms with Gasteiger partial charge in [0.15, 0.2) is 5.78 Å². The fourth-order valence-electron chi connectivity index (χ4n) is 2.58. The Kier molecular flexibility index (Phi) is 3.68. The second kappa shape index (κ2) is 5.78. The van der Waals surface area contributed by atoms with Gasteiger partial charge in [-0.1, -0.05) is 0 Å². The van der Waals surface area contributed by atoms with Gasteiger partial charge in [0.25, 0.3) is 0 Å². The number of H-pyrrole nitrogens is 2. The molecule has 3 nitrogen and oxygen atoms in total. The van der Waals surface area contributed by atoms with Gasteiger partial charge < -0.3 is 9.97 Å². The van der Waals surface area contributed by atoms with Crippen molar-refractivity contribution in [2.24, 2.45) is 0 Å². The van der Waals surface area contributed by atoms with Crippen LogP contribution in [-0.2, 0) is 4.79 Å². The Hall–Kier alpha value is -2.29. The molecule has 1 aliphatic carbocycles. The van der Waals surface area contributed by atoms with Gasteiger partial charge in [0, 0.05) is 34.9 Å². The highest BCUT2D eigenvalue weighted by Crippen LogP contribution is 2.26. The monoisotopic (exact) mass is 266 g/mol. The lowest BCUT2D eigenvalue weighted by Crippen LogP contribution is -2.04. The minimum Gasteiger partial charge on any atom is -0.362 e. The van der Waals surface area contributed by atoms with E-state index in [1.165, 1.54) is 0 Å². The van der Waals surface area contributed by atoms with Crippen molar-refractivity contribution in [3.63, 3.8) is 0 Å². The van der Waals surface area contributed by atoms with Crippen molar-refractivity contribution in [1.82, 2.24) is 9.97 Å². The second-order valence-corrected chi connectivity index (χ2v) is 5.13. The first kappa shape index (κ1) is 12.7. The van der Waals surface area contributed by atoms with Gasteiger partial charge in [-0.25, -0.2) is 0 Å². The molecular formula is C17H18N2O. The van der Waals surface area contributed by atoms with Crippen LogP contribution in [0.3, 0.4) is 0 Å². The number of nitrogens with one attached hydrogen (secondary N) is 2. The van der Waals surface area contributed by atoms with E-state index in [9.17, 15) is 4.79 Å². The van der Waals surface area contributed by atoms with Gasteiger partial charge in [0.1, 0.15) is 0 Å². The summed E-state index contributed by atoms with van der Waals surface area (Å²) >= 11 is 0. The van der Waals surface area contributed by atoms with Crippen molar-refractivity contribution in [3.8, 4) is 0 Å². The number of rotatable bonds is 2. The fourth-order valence-corrected chi connectivity index (χ4v) is 2.58. The van der Waals surface area contributed by atoms with Crippen LogP contribution in [-0.4, -0.2) is 15.8 Å². The zero-order valence-electron chi connectivity index (χ0n) is 11.4. The van der Waals surface area contributed by atoms with Crippen LogP contribution in [0.2, 0.25) is 0 Å². The molecule has 1 saturated carbocycles. The van der Waals surface area contributed by atoms with E-state index in [2.05, 4.69) is 9.97 Å². The minimum atomic E-state index is 0.187. The van der Waals surface area contributed by atoms with Crippen molar-refractivity contribution >= 4 is 17.9 Å². The molecule has 2 aromatic heterocycles. The van der Waals surface area contributed by atoms with Crippen molar-refractivity contribution in [1.29, 1.82) is 0 Å². The molecule has 2 heterocycles. The third-order valence-corrected chi connectivity index (χ3v) is 3.63. The lowest BCUT2D eigenvalue weighted by atomic mass is 10.0. The van der Waals surface area contributed by atoms with Crippen LogP contribution < -0.4 is 0 Å². The first-order valence-corrected chi connectivity index (χ1v) is 7.05. The maximum Gasteiger partial charge on any atom is 0.185 e. The summed E-state index contributed by atoms with van der Waals surface area (Å²) in [6.45, 7) is 0. The van der Waals surface area contributed by atoms with Crippen LogP contribution in [0.4, 0.5) is 0 Å². The Bertz CT molecular complexity index is 574. The largest absolute Gasteiger partial charge is 0.362 e. The molecule has 0 bridgehead atoms. The van der Waals surface area contributed by atoms with Crippen molar-refractivity contribution in [2.75, 3.05) is 0 Å². The predicted octanol–water partition coefficient (Wildman–Crippen LogP) is 3.95. The maximum atomic E-state index is 12.6. The van der Waals surface area contributed by atoms with Crippen LogP contribution in [0.1, 0.15) is 37.1 Å². The Balaban J connectivity index is 1.91. The van der Waals surface area contributed by atoms with Crippen LogP contribution in [0, 0.1) is 0 Å². The average Bonchev–Trinajstić information content (AvgIpc) is 3.10. The quantitative estimate of drug-likeness (QED) is 0.627. The standard InChI is InChI=1S/C17H18N2O/c20-17-13(11-15-7-3-9-18-15)5-1-2-6-14(17)12-16-8-4-10-19-16/h3-4,7-12,18-19H,1-2,5-6H2/b13-11-,14-12+. The molecule has 3 heteroatoms. The molecule has 0 aliphatic heterocycles. The average molecular weight is 266 g/mol. The Labute approximate surface area is 118 Å². The highest BCUT2D eigenvalue weighted by atomic mass is 16.1. The van der Waals surface area contributed by atoms with E-state index in [0.717, 1.165) is 48.2 Å². The normalized spacial score (nSPS) is 20.5. The highest BCUT2D eigenvalue weighted by molar-refractivity contribution is 6.13. The summed E-state index contributed by atoms with van der Waals surface area (Å²) in [4.78, 5) is 18.9. The number of aromatic amines is 2. The number of Topliss-reactive ketones (excluding diaryl/α,β-unsaturated/α-hetero) is 1. The van der Waals surface area contributed by atoms with Crippen molar-refractivity contribution in [2.45, 2.75) is 25.7 Å². The number of carbonyl (C=O) groups is 1. The second-order valence-electron chi connectivity index (χ2n) is 5.13. The van der Waals surface area contributed by atoms with E-state index in [-0.39, 0.29) is 5.78 Å². The number of allylic oxidation sites excluding steroid dienone is 2. The lowest BCUT2D eigenvalue weighted by Gasteiger charge is -2.04. The van der Waals surface area contributed by atoms with E-state index in [4.69, 9.17) is 0 Å². The van der Waals surface area contributed by atoms with Gasteiger partial charge in [0.05, 0.1) is 0 Å². The van der Waals surface area contributed by atoms with Crippen molar-refractivity contribution in [3.05, 3.63) is 59.2 Å². The Morgan fingerprint density at radius 1 is 0.850 bits per heavy atom. The number of ketones is 1. The van der Waals surface area contributed by atoms with Gasteiger partial charge >= 0.3 is 0 Å². The molecule has 1 aliphatic rings. The smallest absolute Gasteiger partial charge is 0.185 e. The van der Waals surface area contributed by atoms with Gasteiger partial charge in [-0.05, 0) is 62.1 Å². The maximum absolute atomic E-state index is 12.6. The van der Waals surface area contributed by atoms with E-state index in [1.807, 2.05) is 48.8 Å². The SMILES string of the molecule is O=C1/C(=C\c2ccc[nH]2)CCCC/C1=C\c1ccc[nH]1. The van der Waals surface area contributed by atoms with Crippen molar-refractivity contribution < 1.29 is 4.79 Å². The number of carbonyl (C=O) groups excluding carboxylic acids is 1. The molecule has 0 amide bonds. The molecule has 0 unspecified atom stereocenters. The van der Waals surface area contributed by atoms with Crippen LogP contribution in [0.25, 0.3) is 12.2 Å². The molecule has 0 radical (unpaired) electrons. The molecule has 1 fully saturated rings. The van der Waals surface area contributed by atoms with E-state index in [0.29, 0.717) is 0 Å². The first-order chi connectivity index (χ1) is 9.83. The molecule has 2 aromatic rings. The zero-order valence-corrected chi connectivity index (χ0v) is 11.4. The van der Waals surface area contributed by atoms with Crippen LogP contribution in [0.5, 0.6) is 0 Å². The number of hydrogen-bond donors (Lipinski definition) is 2. The van der Waals surface area contributed by atoms with Gasteiger partial charge in [0.2, 0.25) is 0 Å². The highest BCUT2D eigenvalue weighted by Gasteiger charge is 2.18. The van der Waals surface area contributed by atoms with Crippen LogP contribution in [0.15, 0.2) is 47.8 Å². The lowest BCUT2D eigenvalue weighted by molar-refractivity contribution is -0.112. The molecular weight excluding hydrogens is 248 g/mol. The number of hydrogen-bond acceptors (Lipinski definition) is 1. The summed E-state index contributed by atoms with van der Waals surface area (Å²) in [5.74, 6) is 0.187. The Morgan fingerprint density at radius 3 is 1.75 bits per heavy atom. The topological polar surface area (TPSA) is 48.6 Å². The van der Waals surface area contributed by atoms with Gasteiger partial charge in [-0.3, -0.25) is 4.79 Å². The third-order valence-electron chi connectivity index (χ3n) is 3.63. The first-order valence-electron chi connectivity index (χ1n) is 7.05.